The van der Waals surface area contributed by atoms with E-state index in [2.05, 4.69) is 20.8 Å². The van der Waals surface area contributed by atoms with E-state index in [-0.39, 0.29) is 0 Å². The van der Waals surface area contributed by atoms with Crippen molar-refractivity contribution >= 4 is 18.9 Å². The van der Waals surface area contributed by atoms with E-state index in [0.29, 0.717) is 0 Å². The van der Waals surface area contributed by atoms with Crippen molar-refractivity contribution < 1.29 is 2.87 Å². The quantitative estimate of drug-likeness (QED) is 0.114. The van der Waals surface area contributed by atoms with E-state index in [1.165, 1.54) is 116 Å². The summed E-state index contributed by atoms with van der Waals surface area (Å²) >= 11 is -3.27. The van der Waals surface area contributed by atoms with E-state index < -0.39 is 18.9 Å². The van der Waals surface area contributed by atoms with Gasteiger partial charge < -0.3 is 0 Å². The molecule has 0 aromatic rings. The zero-order chi connectivity index (χ0) is 19.3. The third-order valence-electron chi connectivity index (χ3n) is 5.94. The van der Waals surface area contributed by atoms with Crippen molar-refractivity contribution in [3.05, 3.63) is 0 Å². The molecule has 0 fully saturated rings. The second-order valence-electron chi connectivity index (χ2n) is 8.70. The molecule has 0 rings (SSSR count). The summed E-state index contributed by atoms with van der Waals surface area (Å²) in [4.78, 5) is 0. The average Bonchev–Trinajstić information content (AvgIpc) is 2.64. The summed E-state index contributed by atoms with van der Waals surface area (Å²) < 4.78 is 18.8. The Hall–Kier alpha value is 0.729. The molecule has 2 heteroatoms. The van der Waals surface area contributed by atoms with Gasteiger partial charge in [-0.25, -0.2) is 0 Å². The van der Waals surface area contributed by atoms with Crippen LogP contribution in [0.4, 0.5) is 2.87 Å². The Labute approximate surface area is 171 Å². The van der Waals surface area contributed by atoms with Crippen LogP contribution in [0.2, 0.25) is 13.3 Å². The molecule has 26 heavy (non-hydrogen) atoms. The molecule has 0 saturated carbocycles. The number of hydrogen-bond donors (Lipinski definition) is 0. The van der Waals surface area contributed by atoms with Gasteiger partial charge in [0.25, 0.3) is 0 Å². The molecule has 0 spiro atoms. The first kappa shape index (κ1) is 26.7. The zero-order valence-corrected chi connectivity index (χ0v) is 21.6. The van der Waals surface area contributed by atoms with Crippen molar-refractivity contribution in [3.8, 4) is 0 Å². The second kappa shape index (κ2) is 20.5. The first-order chi connectivity index (χ1) is 12.7. The molecule has 0 heterocycles. The van der Waals surface area contributed by atoms with Crippen molar-refractivity contribution in [2.45, 2.75) is 150 Å². The molecule has 0 atom stereocenters. The van der Waals surface area contributed by atoms with Crippen LogP contribution in [0.25, 0.3) is 0 Å². The van der Waals surface area contributed by atoms with E-state index in [4.69, 9.17) is 0 Å². The minimum atomic E-state index is -3.27. The van der Waals surface area contributed by atoms with Crippen LogP contribution in [0.1, 0.15) is 136 Å². The van der Waals surface area contributed by atoms with Crippen LogP contribution in [-0.4, -0.2) is 18.9 Å². The maximum atomic E-state index is 15.7. The summed E-state index contributed by atoms with van der Waals surface area (Å²) in [6, 6.07) is 0. The zero-order valence-electron chi connectivity index (χ0n) is 18.7. The third-order valence-corrected chi connectivity index (χ3v) is 16.6. The second-order valence-corrected chi connectivity index (χ2v) is 19.6. The summed E-state index contributed by atoms with van der Waals surface area (Å²) in [6.07, 6.45) is 23.6. The number of hydrogen-bond acceptors (Lipinski definition) is 0. The summed E-state index contributed by atoms with van der Waals surface area (Å²) in [5.74, 6) is 0. The molecule has 0 unspecified atom stereocenters. The molecule has 0 aliphatic rings. The van der Waals surface area contributed by atoms with Gasteiger partial charge in [0.15, 0.2) is 0 Å². The van der Waals surface area contributed by atoms with Crippen LogP contribution >= 0.6 is 0 Å². The van der Waals surface area contributed by atoms with Gasteiger partial charge in [-0.1, -0.05) is 0 Å². The molecular weight excluding hydrogens is 426 g/mol. The Morgan fingerprint density at radius 2 is 0.615 bits per heavy atom. The van der Waals surface area contributed by atoms with Gasteiger partial charge in [-0.05, 0) is 0 Å². The average molecular weight is 477 g/mol. The van der Waals surface area contributed by atoms with Gasteiger partial charge in [0.2, 0.25) is 0 Å². The molecule has 0 amide bonds. The van der Waals surface area contributed by atoms with Gasteiger partial charge in [0.1, 0.15) is 0 Å². The fraction of sp³-hybridized carbons (Fsp3) is 1.00. The van der Waals surface area contributed by atoms with E-state index in [9.17, 15) is 0 Å². The van der Waals surface area contributed by atoms with Gasteiger partial charge in [-0.15, -0.1) is 0 Å². The predicted molar refractivity (Wildman–Crippen MR) is 121 cm³/mol. The molecule has 0 aliphatic heterocycles. The van der Waals surface area contributed by atoms with E-state index in [0.717, 1.165) is 13.3 Å². The third kappa shape index (κ3) is 18.1. The summed E-state index contributed by atoms with van der Waals surface area (Å²) in [5, 5.41) is 0. The Morgan fingerprint density at radius 1 is 0.385 bits per heavy atom. The van der Waals surface area contributed by atoms with E-state index >= 15 is 2.87 Å². The molecule has 0 N–H and O–H groups in total. The Balaban J connectivity index is 4.02. The topological polar surface area (TPSA) is 0 Å². The molecule has 158 valence electrons. The van der Waals surface area contributed by atoms with Crippen molar-refractivity contribution in [1.82, 2.24) is 0 Å². The van der Waals surface area contributed by atoms with Crippen LogP contribution in [0, 0.1) is 0 Å². The van der Waals surface area contributed by atoms with E-state index in [1.807, 2.05) is 0 Å². The fourth-order valence-corrected chi connectivity index (χ4v) is 13.7. The first-order valence-corrected chi connectivity index (χ1v) is 19.5. The van der Waals surface area contributed by atoms with Crippen molar-refractivity contribution in [2.24, 2.45) is 0 Å². The van der Waals surface area contributed by atoms with Gasteiger partial charge >= 0.3 is 171 Å². The molecular formula is C24H51FSn. The molecule has 0 aromatic heterocycles. The molecule has 0 aliphatic carbocycles. The molecule has 0 bridgehead atoms. The molecule has 0 nitrogen and oxygen atoms in total. The molecule has 0 saturated heterocycles. The normalized spacial score (nSPS) is 12.0. The predicted octanol–water partition coefficient (Wildman–Crippen LogP) is 9.98. The van der Waals surface area contributed by atoms with Crippen LogP contribution in [0.5, 0.6) is 0 Å². The maximum absolute atomic E-state index is 15.7. The minimum absolute atomic E-state index is 1.03. The number of rotatable bonds is 21. The Bertz CT molecular complexity index is 226. The Kier molecular flexibility index (Phi) is 21.0. The van der Waals surface area contributed by atoms with Crippen LogP contribution in [-0.2, 0) is 0 Å². The van der Waals surface area contributed by atoms with Crippen LogP contribution in [0.3, 0.4) is 0 Å². The van der Waals surface area contributed by atoms with Gasteiger partial charge in [0.05, 0.1) is 0 Å². The summed E-state index contributed by atoms with van der Waals surface area (Å²) in [5.41, 5.74) is 0. The van der Waals surface area contributed by atoms with Gasteiger partial charge in [-0.2, -0.15) is 0 Å². The number of halogens is 1. The van der Waals surface area contributed by atoms with Crippen LogP contribution < -0.4 is 0 Å². The van der Waals surface area contributed by atoms with Crippen LogP contribution in [0.15, 0.2) is 0 Å². The SMILES string of the molecule is CCCCCCC[CH2][Sn]([F])([CH2]CCCCCCC)[CH2]CCCCCCC. The molecule has 0 aromatic carbocycles. The summed E-state index contributed by atoms with van der Waals surface area (Å²) in [6.45, 7) is 6.80. The monoisotopic (exact) mass is 478 g/mol. The van der Waals surface area contributed by atoms with Gasteiger partial charge in [-0.3, -0.25) is 0 Å². The van der Waals surface area contributed by atoms with Crippen molar-refractivity contribution in [1.29, 1.82) is 0 Å². The summed E-state index contributed by atoms with van der Waals surface area (Å²) in [7, 11) is 0. The number of unbranched alkanes of at least 4 members (excludes halogenated alkanes) is 15. The van der Waals surface area contributed by atoms with E-state index in [1.54, 1.807) is 0 Å². The Morgan fingerprint density at radius 3 is 0.885 bits per heavy atom. The standard InChI is InChI=1S/3C8H17.FH.Sn/c3*1-3-5-7-8-6-4-2;;/h3*1,3-8H2,2H3;1H;/q;;;;+1/p-1. The fourth-order valence-electron chi connectivity index (χ4n) is 4.04. The first-order valence-electron chi connectivity index (χ1n) is 12.4. The van der Waals surface area contributed by atoms with Gasteiger partial charge in [0, 0.05) is 0 Å². The molecule has 0 radical (unpaired) electrons. The van der Waals surface area contributed by atoms with Crippen molar-refractivity contribution in [2.75, 3.05) is 0 Å². The van der Waals surface area contributed by atoms with Crippen molar-refractivity contribution in [3.63, 3.8) is 0 Å².